The summed E-state index contributed by atoms with van der Waals surface area (Å²) < 4.78 is 5.02. The van der Waals surface area contributed by atoms with Crippen molar-refractivity contribution in [3.8, 4) is 5.75 Å². The zero-order valence-corrected chi connectivity index (χ0v) is 10.5. The molecule has 0 spiro atoms. The Morgan fingerprint density at radius 3 is 2.71 bits per heavy atom. The molecule has 0 aliphatic rings. The lowest BCUT2D eigenvalue weighted by molar-refractivity contribution is -0.117. The van der Waals surface area contributed by atoms with E-state index in [1.165, 1.54) is 13.2 Å². The third kappa shape index (κ3) is 3.46. The molecule has 0 fully saturated rings. The summed E-state index contributed by atoms with van der Waals surface area (Å²) >= 11 is 5.79. The zero-order valence-electron chi connectivity index (χ0n) is 9.75. The maximum absolute atomic E-state index is 11.8. The first-order chi connectivity index (χ1) is 8.10. The van der Waals surface area contributed by atoms with Crippen molar-refractivity contribution in [3.63, 3.8) is 0 Å². The van der Waals surface area contributed by atoms with Gasteiger partial charge >= 0.3 is 0 Å². The number of methoxy groups -OCH3 is 1. The van der Waals surface area contributed by atoms with E-state index in [2.05, 4.69) is 5.32 Å². The molecule has 17 heavy (non-hydrogen) atoms. The van der Waals surface area contributed by atoms with Gasteiger partial charge < -0.3 is 10.1 Å². The van der Waals surface area contributed by atoms with E-state index in [1.54, 1.807) is 12.1 Å². The van der Waals surface area contributed by atoms with Crippen LogP contribution in [0.5, 0.6) is 5.75 Å². The van der Waals surface area contributed by atoms with Crippen LogP contribution >= 0.6 is 11.6 Å². The lowest BCUT2D eigenvalue weighted by Gasteiger charge is -2.08. The molecular formula is C12H14ClNO3. The zero-order chi connectivity index (χ0) is 12.8. The minimum atomic E-state index is -0.646. The van der Waals surface area contributed by atoms with Crippen molar-refractivity contribution < 1.29 is 14.3 Å². The van der Waals surface area contributed by atoms with Gasteiger partial charge in [-0.3, -0.25) is 9.59 Å². The fraction of sp³-hybridized carbons (Fsp3) is 0.333. The Labute approximate surface area is 105 Å². The number of halogens is 1. The summed E-state index contributed by atoms with van der Waals surface area (Å²) in [5.74, 6) is -0.948. The summed E-state index contributed by atoms with van der Waals surface area (Å²) in [5, 5.41) is 2.90. The maximum Gasteiger partial charge on any atom is 0.292 e. The topological polar surface area (TPSA) is 55.4 Å². The largest absolute Gasteiger partial charge is 0.496 e. The maximum atomic E-state index is 11.8. The van der Waals surface area contributed by atoms with Gasteiger partial charge in [-0.2, -0.15) is 0 Å². The summed E-state index contributed by atoms with van der Waals surface area (Å²) in [5.41, 5.74) is 0.175. The molecule has 0 saturated heterocycles. The number of ether oxygens (including phenoxy) is 1. The quantitative estimate of drug-likeness (QED) is 0.647. The molecular weight excluding hydrogens is 242 g/mol. The number of hydrogen-bond acceptors (Lipinski definition) is 3. The number of amides is 1. The molecule has 0 bridgehead atoms. The first kappa shape index (κ1) is 13.5. The lowest BCUT2D eigenvalue weighted by Crippen LogP contribution is -2.31. The number of benzene rings is 1. The molecule has 0 aromatic heterocycles. The van der Waals surface area contributed by atoms with E-state index in [0.29, 0.717) is 17.3 Å². The number of ketones is 1. The number of rotatable bonds is 5. The van der Waals surface area contributed by atoms with Gasteiger partial charge in [-0.25, -0.2) is 0 Å². The Morgan fingerprint density at radius 1 is 1.41 bits per heavy atom. The summed E-state index contributed by atoms with van der Waals surface area (Å²) in [6, 6.07) is 4.58. The number of carbonyl (C=O) groups excluding carboxylic acids is 2. The number of carbonyl (C=O) groups is 2. The third-order valence-corrected chi connectivity index (χ3v) is 2.38. The molecule has 1 amide bonds. The van der Waals surface area contributed by atoms with Gasteiger partial charge in [0.15, 0.2) is 0 Å². The van der Waals surface area contributed by atoms with Crippen LogP contribution in [0.3, 0.4) is 0 Å². The van der Waals surface area contributed by atoms with Crippen molar-refractivity contribution in [2.45, 2.75) is 13.3 Å². The Kier molecular flexibility index (Phi) is 4.97. The average Bonchev–Trinajstić information content (AvgIpc) is 2.34. The van der Waals surface area contributed by atoms with E-state index in [9.17, 15) is 9.59 Å². The van der Waals surface area contributed by atoms with Gasteiger partial charge in [-0.05, 0) is 24.6 Å². The van der Waals surface area contributed by atoms with Crippen LogP contribution in [0, 0.1) is 0 Å². The predicted octanol–water partition coefficient (Wildman–Crippen LogP) is 2.06. The van der Waals surface area contributed by atoms with Crippen molar-refractivity contribution >= 4 is 23.3 Å². The number of hydrogen-bond donors (Lipinski definition) is 1. The fourth-order valence-corrected chi connectivity index (χ4v) is 1.47. The van der Waals surface area contributed by atoms with Crippen molar-refractivity contribution in [1.29, 1.82) is 0 Å². The highest BCUT2D eigenvalue weighted by Gasteiger charge is 2.20. The molecule has 1 N–H and O–H groups in total. The van der Waals surface area contributed by atoms with Gasteiger partial charge in [0.1, 0.15) is 5.75 Å². The molecule has 0 unspecified atom stereocenters. The van der Waals surface area contributed by atoms with Gasteiger partial charge in [0.25, 0.3) is 11.7 Å². The van der Waals surface area contributed by atoms with Gasteiger partial charge in [0, 0.05) is 11.6 Å². The van der Waals surface area contributed by atoms with E-state index in [4.69, 9.17) is 16.3 Å². The molecule has 1 rings (SSSR count). The van der Waals surface area contributed by atoms with Crippen LogP contribution in [0.25, 0.3) is 0 Å². The molecule has 0 aliphatic carbocycles. The molecule has 1 aromatic rings. The lowest BCUT2D eigenvalue weighted by atomic mass is 10.1. The van der Waals surface area contributed by atoms with Crippen LogP contribution in [-0.2, 0) is 4.79 Å². The second kappa shape index (κ2) is 6.25. The van der Waals surface area contributed by atoms with E-state index < -0.39 is 11.7 Å². The van der Waals surface area contributed by atoms with Crippen molar-refractivity contribution in [1.82, 2.24) is 5.32 Å². The minimum Gasteiger partial charge on any atom is -0.496 e. The van der Waals surface area contributed by atoms with Crippen LogP contribution in [0.1, 0.15) is 23.7 Å². The molecule has 92 valence electrons. The molecule has 0 aliphatic heterocycles. The molecule has 4 nitrogen and oxygen atoms in total. The summed E-state index contributed by atoms with van der Waals surface area (Å²) in [4.78, 5) is 23.4. The van der Waals surface area contributed by atoms with E-state index in [1.807, 2.05) is 6.92 Å². The van der Waals surface area contributed by atoms with E-state index in [0.717, 1.165) is 6.42 Å². The third-order valence-electron chi connectivity index (χ3n) is 2.15. The minimum absolute atomic E-state index is 0.175. The van der Waals surface area contributed by atoms with Crippen LogP contribution in [0.15, 0.2) is 18.2 Å². The Balaban J connectivity index is 2.94. The monoisotopic (exact) mass is 255 g/mol. The molecule has 0 radical (unpaired) electrons. The van der Waals surface area contributed by atoms with Crippen LogP contribution in [0.2, 0.25) is 5.02 Å². The second-order valence-corrected chi connectivity index (χ2v) is 3.87. The molecule has 1 aromatic carbocycles. The SMILES string of the molecule is CCCNC(=O)C(=O)c1cc(Cl)ccc1OC. The van der Waals surface area contributed by atoms with Crippen LogP contribution in [0.4, 0.5) is 0 Å². The van der Waals surface area contributed by atoms with Crippen LogP contribution < -0.4 is 10.1 Å². The molecule has 5 heteroatoms. The second-order valence-electron chi connectivity index (χ2n) is 3.43. The summed E-state index contributed by atoms with van der Waals surface area (Å²) in [6.45, 7) is 2.37. The Hall–Kier alpha value is -1.55. The normalized spacial score (nSPS) is 9.82. The van der Waals surface area contributed by atoms with Gasteiger partial charge in [-0.1, -0.05) is 18.5 Å². The van der Waals surface area contributed by atoms with E-state index >= 15 is 0 Å². The molecule has 0 heterocycles. The first-order valence-corrected chi connectivity index (χ1v) is 5.64. The Bertz CT molecular complexity index is 432. The van der Waals surface area contributed by atoms with E-state index in [-0.39, 0.29) is 5.56 Å². The first-order valence-electron chi connectivity index (χ1n) is 5.26. The standard InChI is InChI=1S/C12H14ClNO3/c1-3-6-14-12(16)11(15)9-7-8(13)4-5-10(9)17-2/h4-5,7H,3,6H2,1-2H3,(H,14,16). The Morgan fingerprint density at radius 2 is 2.12 bits per heavy atom. The van der Waals surface area contributed by atoms with Crippen LogP contribution in [-0.4, -0.2) is 25.3 Å². The van der Waals surface area contributed by atoms with Crippen molar-refractivity contribution in [2.24, 2.45) is 0 Å². The summed E-state index contributed by atoms with van der Waals surface area (Å²) in [7, 11) is 1.43. The number of nitrogens with one attached hydrogen (secondary N) is 1. The van der Waals surface area contributed by atoms with Gasteiger partial charge in [0.2, 0.25) is 0 Å². The van der Waals surface area contributed by atoms with Gasteiger partial charge in [0.05, 0.1) is 12.7 Å². The highest BCUT2D eigenvalue weighted by atomic mass is 35.5. The van der Waals surface area contributed by atoms with Crippen molar-refractivity contribution in [3.05, 3.63) is 28.8 Å². The highest BCUT2D eigenvalue weighted by molar-refractivity contribution is 6.44. The van der Waals surface area contributed by atoms with Gasteiger partial charge in [-0.15, -0.1) is 0 Å². The predicted molar refractivity (Wildman–Crippen MR) is 65.6 cm³/mol. The molecule has 0 saturated carbocycles. The fourth-order valence-electron chi connectivity index (χ4n) is 1.30. The molecule has 0 atom stereocenters. The smallest absolute Gasteiger partial charge is 0.292 e. The highest BCUT2D eigenvalue weighted by Crippen LogP contribution is 2.22. The average molecular weight is 256 g/mol. The summed E-state index contributed by atoms with van der Waals surface area (Å²) in [6.07, 6.45) is 0.770. The number of Topliss-reactive ketones (excluding diaryl/α,β-unsaturated/α-hetero) is 1. The van der Waals surface area contributed by atoms with Crippen molar-refractivity contribution in [2.75, 3.05) is 13.7 Å².